The summed E-state index contributed by atoms with van der Waals surface area (Å²) in [7, 11) is 0. The van der Waals surface area contributed by atoms with Gasteiger partial charge in [-0.1, -0.05) is 13.8 Å². The van der Waals surface area contributed by atoms with Gasteiger partial charge in [0.05, 0.1) is 12.7 Å². The molecule has 0 saturated carbocycles. The van der Waals surface area contributed by atoms with Gasteiger partial charge in [-0.05, 0) is 38.0 Å². The van der Waals surface area contributed by atoms with Gasteiger partial charge in [0.2, 0.25) is 11.8 Å². The van der Waals surface area contributed by atoms with E-state index in [0.29, 0.717) is 18.9 Å². The molecule has 1 atom stereocenters. The lowest BCUT2D eigenvalue weighted by molar-refractivity contribution is -0.140. The van der Waals surface area contributed by atoms with E-state index < -0.39 is 0 Å². The third-order valence-corrected chi connectivity index (χ3v) is 5.97. The van der Waals surface area contributed by atoms with E-state index in [9.17, 15) is 9.59 Å². The van der Waals surface area contributed by atoms with Crippen LogP contribution in [0, 0.1) is 11.3 Å². The second-order valence-corrected chi connectivity index (χ2v) is 8.73. The van der Waals surface area contributed by atoms with Crippen LogP contribution in [0.3, 0.4) is 0 Å². The van der Waals surface area contributed by atoms with Gasteiger partial charge in [0.25, 0.3) is 0 Å². The molecule has 6 heteroatoms. The number of carbonyl (C=O) groups is 2. The van der Waals surface area contributed by atoms with Crippen LogP contribution in [-0.4, -0.2) is 73.7 Å². The van der Waals surface area contributed by atoms with Crippen LogP contribution < -0.4 is 0 Å². The lowest BCUT2D eigenvalue weighted by Gasteiger charge is -2.39. The van der Waals surface area contributed by atoms with Crippen LogP contribution in [0.15, 0.2) is 0 Å². The fraction of sp³-hybridized carbons (Fsp3) is 0.900. The van der Waals surface area contributed by atoms with Gasteiger partial charge in [0, 0.05) is 44.6 Å². The summed E-state index contributed by atoms with van der Waals surface area (Å²) >= 11 is 0. The van der Waals surface area contributed by atoms with E-state index in [2.05, 4.69) is 13.8 Å². The third-order valence-electron chi connectivity index (χ3n) is 5.97. The number of carbonyl (C=O) groups excluding carboxylic acids is 2. The van der Waals surface area contributed by atoms with Gasteiger partial charge in [-0.25, -0.2) is 0 Å². The molecule has 3 aliphatic rings. The van der Waals surface area contributed by atoms with Gasteiger partial charge < -0.3 is 19.3 Å². The zero-order valence-electron chi connectivity index (χ0n) is 16.4. The SMILES string of the molecule is CC(C)CN1CC2(CCN(C(=O)COC[C@@H]3CCCCO3)CC2)CC1=O. The summed E-state index contributed by atoms with van der Waals surface area (Å²) in [5, 5.41) is 0. The summed E-state index contributed by atoms with van der Waals surface area (Å²) in [5.41, 5.74) is 0.0829. The summed E-state index contributed by atoms with van der Waals surface area (Å²) in [6, 6.07) is 0. The molecule has 6 nitrogen and oxygen atoms in total. The van der Waals surface area contributed by atoms with E-state index in [1.807, 2.05) is 9.80 Å². The van der Waals surface area contributed by atoms with Crippen molar-refractivity contribution >= 4 is 11.8 Å². The average Bonchev–Trinajstić information content (AvgIpc) is 2.90. The zero-order valence-corrected chi connectivity index (χ0v) is 16.4. The monoisotopic (exact) mass is 366 g/mol. The second kappa shape index (κ2) is 8.70. The maximum absolute atomic E-state index is 12.4. The van der Waals surface area contributed by atoms with Gasteiger partial charge >= 0.3 is 0 Å². The molecule has 0 radical (unpaired) electrons. The molecule has 0 aromatic carbocycles. The van der Waals surface area contributed by atoms with Crippen LogP contribution in [0.4, 0.5) is 0 Å². The molecular formula is C20H34N2O4. The minimum Gasteiger partial charge on any atom is -0.376 e. The number of hydrogen-bond acceptors (Lipinski definition) is 4. The van der Waals surface area contributed by atoms with E-state index in [0.717, 1.165) is 58.5 Å². The smallest absolute Gasteiger partial charge is 0.248 e. The molecule has 0 unspecified atom stereocenters. The number of hydrogen-bond donors (Lipinski definition) is 0. The Labute approximate surface area is 157 Å². The van der Waals surface area contributed by atoms with Crippen LogP contribution in [0.25, 0.3) is 0 Å². The lowest BCUT2D eigenvalue weighted by atomic mass is 9.77. The number of piperidine rings is 1. The first kappa shape index (κ1) is 19.6. The highest BCUT2D eigenvalue weighted by atomic mass is 16.5. The molecule has 0 N–H and O–H groups in total. The Kier molecular flexibility index (Phi) is 6.56. The first-order valence-electron chi connectivity index (χ1n) is 10.2. The Morgan fingerprint density at radius 3 is 2.73 bits per heavy atom. The summed E-state index contributed by atoms with van der Waals surface area (Å²) in [6.07, 6.45) is 5.98. The van der Waals surface area contributed by atoms with Crippen molar-refractivity contribution in [2.24, 2.45) is 11.3 Å². The molecule has 148 valence electrons. The molecule has 3 aliphatic heterocycles. The van der Waals surface area contributed by atoms with Crippen LogP contribution >= 0.6 is 0 Å². The summed E-state index contributed by atoms with van der Waals surface area (Å²) < 4.78 is 11.2. The van der Waals surface area contributed by atoms with E-state index in [-0.39, 0.29) is 29.9 Å². The topological polar surface area (TPSA) is 59.1 Å². The van der Waals surface area contributed by atoms with Gasteiger partial charge in [-0.3, -0.25) is 9.59 Å². The van der Waals surface area contributed by atoms with Crippen molar-refractivity contribution in [1.82, 2.24) is 9.80 Å². The number of ether oxygens (including phenoxy) is 2. The summed E-state index contributed by atoms with van der Waals surface area (Å²) in [4.78, 5) is 28.6. The maximum Gasteiger partial charge on any atom is 0.248 e. The molecule has 0 aliphatic carbocycles. The quantitative estimate of drug-likeness (QED) is 0.722. The van der Waals surface area contributed by atoms with Gasteiger partial charge in [0.1, 0.15) is 6.61 Å². The van der Waals surface area contributed by atoms with Gasteiger partial charge in [-0.2, -0.15) is 0 Å². The normalized spacial score (nSPS) is 26.1. The fourth-order valence-corrected chi connectivity index (χ4v) is 4.46. The molecule has 0 aromatic rings. The first-order valence-corrected chi connectivity index (χ1v) is 10.2. The van der Waals surface area contributed by atoms with Crippen LogP contribution in [-0.2, 0) is 19.1 Å². The second-order valence-electron chi connectivity index (χ2n) is 8.73. The predicted octanol–water partition coefficient (Wildman–Crippen LogP) is 2.07. The minimum atomic E-state index is 0.0685. The molecule has 3 heterocycles. The van der Waals surface area contributed by atoms with Gasteiger partial charge in [-0.15, -0.1) is 0 Å². The van der Waals surface area contributed by atoms with E-state index in [4.69, 9.17) is 9.47 Å². The van der Waals surface area contributed by atoms with Crippen LogP contribution in [0.2, 0.25) is 0 Å². The molecule has 0 aromatic heterocycles. The molecular weight excluding hydrogens is 332 g/mol. The van der Waals surface area contributed by atoms with E-state index in [1.165, 1.54) is 6.42 Å². The largest absolute Gasteiger partial charge is 0.376 e. The van der Waals surface area contributed by atoms with E-state index >= 15 is 0 Å². The number of rotatable bonds is 6. The van der Waals surface area contributed by atoms with Crippen molar-refractivity contribution < 1.29 is 19.1 Å². The standard InChI is InChI=1S/C20H34N2O4/c1-16(2)12-22-15-20(11-18(22)23)6-8-21(9-7-20)19(24)14-25-13-17-5-3-4-10-26-17/h16-17H,3-15H2,1-2H3/t17-/m0/s1. The highest BCUT2D eigenvalue weighted by molar-refractivity contribution is 5.80. The van der Waals surface area contributed by atoms with Crippen molar-refractivity contribution in [3.05, 3.63) is 0 Å². The summed E-state index contributed by atoms with van der Waals surface area (Å²) in [6.45, 7) is 8.96. The highest BCUT2D eigenvalue weighted by Gasteiger charge is 2.45. The summed E-state index contributed by atoms with van der Waals surface area (Å²) in [5.74, 6) is 0.856. The zero-order chi connectivity index (χ0) is 18.6. The molecule has 0 bridgehead atoms. The molecule has 3 rings (SSSR count). The lowest BCUT2D eigenvalue weighted by Crippen LogP contribution is -2.45. The average molecular weight is 367 g/mol. The highest BCUT2D eigenvalue weighted by Crippen LogP contribution is 2.41. The van der Waals surface area contributed by atoms with Crippen molar-refractivity contribution in [2.75, 3.05) is 46.0 Å². The Hall–Kier alpha value is -1.14. The Morgan fingerprint density at radius 1 is 1.31 bits per heavy atom. The molecule has 3 fully saturated rings. The minimum absolute atomic E-state index is 0.0685. The molecule has 3 saturated heterocycles. The van der Waals surface area contributed by atoms with Crippen molar-refractivity contribution in [1.29, 1.82) is 0 Å². The third kappa shape index (κ3) is 4.97. The Bertz CT molecular complexity index is 494. The van der Waals surface area contributed by atoms with Crippen LogP contribution in [0.1, 0.15) is 52.4 Å². The number of likely N-dealkylation sites (tertiary alicyclic amines) is 2. The van der Waals surface area contributed by atoms with Crippen LogP contribution in [0.5, 0.6) is 0 Å². The Balaban J connectivity index is 1.39. The maximum atomic E-state index is 12.4. The van der Waals surface area contributed by atoms with Crippen molar-refractivity contribution in [2.45, 2.75) is 58.5 Å². The predicted molar refractivity (Wildman–Crippen MR) is 98.7 cm³/mol. The van der Waals surface area contributed by atoms with E-state index in [1.54, 1.807) is 0 Å². The van der Waals surface area contributed by atoms with Crippen molar-refractivity contribution in [3.63, 3.8) is 0 Å². The number of amides is 2. The fourth-order valence-electron chi connectivity index (χ4n) is 4.46. The van der Waals surface area contributed by atoms with Crippen molar-refractivity contribution in [3.8, 4) is 0 Å². The Morgan fingerprint density at radius 2 is 2.08 bits per heavy atom. The number of nitrogens with zero attached hydrogens (tertiary/aromatic N) is 2. The molecule has 2 amide bonds. The first-order chi connectivity index (χ1) is 12.5. The van der Waals surface area contributed by atoms with Gasteiger partial charge in [0.15, 0.2) is 0 Å². The molecule has 26 heavy (non-hydrogen) atoms. The molecule has 1 spiro atoms.